The fourth-order valence-electron chi connectivity index (χ4n) is 3.80. The highest BCUT2D eigenvalue weighted by Crippen LogP contribution is 2.41. The van der Waals surface area contributed by atoms with E-state index >= 15 is 0 Å². The highest BCUT2D eigenvalue weighted by molar-refractivity contribution is 7.20. The van der Waals surface area contributed by atoms with Crippen molar-refractivity contribution in [1.82, 2.24) is 15.3 Å². The van der Waals surface area contributed by atoms with Gasteiger partial charge in [-0.1, -0.05) is 0 Å². The molecule has 0 aliphatic carbocycles. The second kappa shape index (κ2) is 7.62. The van der Waals surface area contributed by atoms with Crippen LogP contribution in [0.2, 0.25) is 0 Å². The first-order valence-corrected chi connectivity index (χ1v) is 10.7. The van der Waals surface area contributed by atoms with Crippen LogP contribution in [-0.4, -0.2) is 28.7 Å². The summed E-state index contributed by atoms with van der Waals surface area (Å²) in [5.74, 6) is 0. The Morgan fingerprint density at radius 1 is 1.16 bits per heavy atom. The molecule has 1 atom stereocenters. The zero-order chi connectivity index (χ0) is 21.6. The van der Waals surface area contributed by atoms with Crippen molar-refractivity contribution in [2.24, 2.45) is 0 Å². The zero-order valence-electron chi connectivity index (χ0n) is 16.6. The number of anilines is 1. The smallest absolute Gasteiger partial charge is 0.382 e. The minimum Gasteiger partial charge on any atom is -0.382 e. The van der Waals surface area contributed by atoms with Crippen LogP contribution < -0.4 is 10.6 Å². The number of alkyl halides is 3. The Labute approximate surface area is 180 Å². The molecule has 4 heterocycles. The average molecular weight is 440 g/mol. The molecule has 0 fully saturated rings. The Bertz CT molecular complexity index is 1310. The summed E-state index contributed by atoms with van der Waals surface area (Å²) >= 11 is 1.78. The van der Waals surface area contributed by atoms with Gasteiger partial charge < -0.3 is 10.6 Å². The fraction of sp³-hybridized carbons (Fsp3) is 0.217. The standard InChI is InChI=1S/C23H19F3N4S/c1-13-11-29-22-20(12-28-13)31-19-5-4-18-16(21(19)22)2-3-17(30-18)14-7-9-27-15(10-14)6-8-23(24,25)26/h2-10,13,28-29H,11-12H2,1H3/b8-6+/t13-/m1/s1. The van der Waals surface area contributed by atoms with Gasteiger partial charge in [0.05, 0.1) is 22.6 Å². The number of benzene rings is 1. The quantitative estimate of drug-likeness (QED) is 0.402. The monoisotopic (exact) mass is 440 g/mol. The number of halogens is 3. The molecule has 158 valence electrons. The minimum atomic E-state index is -4.37. The molecular weight excluding hydrogens is 421 g/mol. The molecule has 3 aromatic heterocycles. The van der Waals surface area contributed by atoms with Crippen LogP contribution in [0.3, 0.4) is 0 Å². The van der Waals surface area contributed by atoms with Crippen molar-refractivity contribution in [1.29, 1.82) is 0 Å². The molecule has 1 aliphatic heterocycles. The van der Waals surface area contributed by atoms with Crippen molar-refractivity contribution in [3.63, 3.8) is 0 Å². The molecule has 4 nitrogen and oxygen atoms in total. The van der Waals surface area contributed by atoms with Crippen LogP contribution in [-0.2, 0) is 6.54 Å². The summed E-state index contributed by atoms with van der Waals surface area (Å²) in [5, 5.41) is 9.34. The predicted molar refractivity (Wildman–Crippen MR) is 120 cm³/mol. The summed E-state index contributed by atoms with van der Waals surface area (Å²) in [6.07, 6.45) is -1.72. The summed E-state index contributed by atoms with van der Waals surface area (Å²) < 4.78 is 38.6. The molecule has 0 radical (unpaired) electrons. The van der Waals surface area contributed by atoms with Crippen molar-refractivity contribution in [2.75, 3.05) is 11.9 Å². The maximum Gasteiger partial charge on any atom is 0.409 e. The van der Waals surface area contributed by atoms with Crippen molar-refractivity contribution in [2.45, 2.75) is 25.7 Å². The average Bonchev–Trinajstić information content (AvgIpc) is 3.02. The molecule has 8 heteroatoms. The van der Waals surface area contributed by atoms with Crippen molar-refractivity contribution in [3.8, 4) is 11.3 Å². The lowest BCUT2D eigenvalue weighted by atomic mass is 10.1. The van der Waals surface area contributed by atoms with Crippen LogP contribution in [0, 0.1) is 0 Å². The lowest BCUT2D eigenvalue weighted by Crippen LogP contribution is -2.29. The number of aromatic nitrogens is 2. The number of hydrogen-bond acceptors (Lipinski definition) is 5. The number of pyridine rings is 2. The Hall–Kier alpha value is -2.97. The summed E-state index contributed by atoms with van der Waals surface area (Å²) in [6, 6.07) is 11.8. The summed E-state index contributed by atoms with van der Waals surface area (Å²) in [7, 11) is 0. The number of nitrogens with zero attached hydrogens (tertiary/aromatic N) is 2. The van der Waals surface area contributed by atoms with E-state index in [1.54, 1.807) is 23.5 Å². The molecule has 0 amide bonds. The van der Waals surface area contributed by atoms with Gasteiger partial charge in [0.15, 0.2) is 0 Å². The second-order valence-electron chi connectivity index (χ2n) is 7.61. The Morgan fingerprint density at radius 3 is 2.87 bits per heavy atom. The van der Waals surface area contributed by atoms with Gasteiger partial charge in [-0.05, 0) is 49.4 Å². The van der Waals surface area contributed by atoms with Gasteiger partial charge in [-0.2, -0.15) is 13.2 Å². The molecule has 1 aliphatic rings. The lowest BCUT2D eigenvalue weighted by molar-refractivity contribution is -0.0790. The van der Waals surface area contributed by atoms with Gasteiger partial charge in [-0.3, -0.25) is 4.98 Å². The number of fused-ring (bicyclic) bond motifs is 5. The molecule has 0 saturated carbocycles. The van der Waals surface area contributed by atoms with E-state index in [1.165, 1.54) is 26.8 Å². The van der Waals surface area contributed by atoms with Gasteiger partial charge in [0.25, 0.3) is 0 Å². The van der Waals surface area contributed by atoms with Crippen LogP contribution in [0.25, 0.3) is 38.3 Å². The molecule has 0 bridgehead atoms. The molecule has 0 spiro atoms. The van der Waals surface area contributed by atoms with E-state index in [0.717, 1.165) is 35.6 Å². The summed E-state index contributed by atoms with van der Waals surface area (Å²) in [6.45, 7) is 3.84. The molecule has 0 unspecified atom stereocenters. The Balaban J connectivity index is 1.57. The van der Waals surface area contributed by atoms with Crippen LogP contribution in [0.5, 0.6) is 0 Å². The first-order valence-electron chi connectivity index (χ1n) is 9.92. The first-order chi connectivity index (χ1) is 14.9. The highest BCUT2D eigenvalue weighted by atomic mass is 32.1. The van der Waals surface area contributed by atoms with Gasteiger partial charge >= 0.3 is 6.18 Å². The Kier molecular flexibility index (Phi) is 4.91. The van der Waals surface area contributed by atoms with E-state index in [0.29, 0.717) is 11.7 Å². The molecule has 31 heavy (non-hydrogen) atoms. The van der Waals surface area contributed by atoms with Crippen molar-refractivity contribution < 1.29 is 13.2 Å². The fourth-order valence-corrected chi connectivity index (χ4v) is 4.94. The van der Waals surface area contributed by atoms with E-state index in [2.05, 4.69) is 28.6 Å². The molecule has 4 aromatic rings. The molecule has 1 aromatic carbocycles. The number of hydrogen-bond donors (Lipinski definition) is 2. The number of allylic oxidation sites excluding steroid dienone is 1. The number of rotatable bonds is 2. The zero-order valence-corrected chi connectivity index (χ0v) is 17.4. The molecule has 2 N–H and O–H groups in total. The van der Waals surface area contributed by atoms with Gasteiger partial charge in [0, 0.05) is 57.3 Å². The third-order valence-electron chi connectivity index (χ3n) is 5.31. The number of nitrogens with one attached hydrogen (secondary N) is 2. The van der Waals surface area contributed by atoms with Gasteiger partial charge in [0.1, 0.15) is 0 Å². The van der Waals surface area contributed by atoms with E-state index < -0.39 is 6.18 Å². The third kappa shape index (κ3) is 4.00. The molecule has 5 rings (SSSR count). The largest absolute Gasteiger partial charge is 0.409 e. The van der Waals surface area contributed by atoms with Gasteiger partial charge in [-0.15, -0.1) is 11.3 Å². The van der Waals surface area contributed by atoms with Gasteiger partial charge in [-0.25, -0.2) is 4.98 Å². The normalized spacial score (nSPS) is 17.1. The van der Waals surface area contributed by atoms with E-state index in [-0.39, 0.29) is 11.8 Å². The lowest BCUT2D eigenvalue weighted by Gasteiger charge is -2.10. The topological polar surface area (TPSA) is 49.8 Å². The van der Waals surface area contributed by atoms with Crippen LogP contribution in [0.1, 0.15) is 17.5 Å². The van der Waals surface area contributed by atoms with E-state index in [9.17, 15) is 13.2 Å². The molecule has 0 saturated heterocycles. The van der Waals surface area contributed by atoms with Crippen LogP contribution in [0.15, 0.2) is 48.7 Å². The van der Waals surface area contributed by atoms with E-state index in [4.69, 9.17) is 4.98 Å². The SMILES string of the molecule is C[C@@H]1CNc2c(sc3ccc4nc(-c5ccnc(/C=C/C(F)(F)F)c5)ccc4c23)CN1. The summed E-state index contributed by atoms with van der Waals surface area (Å²) in [5.41, 5.74) is 3.67. The maximum absolute atomic E-state index is 12.5. The first kappa shape index (κ1) is 20.0. The predicted octanol–water partition coefficient (Wildman–Crippen LogP) is 5.99. The van der Waals surface area contributed by atoms with Crippen molar-refractivity contribution in [3.05, 3.63) is 59.2 Å². The van der Waals surface area contributed by atoms with Gasteiger partial charge in [0.2, 0.25) is 0 Å². The Morgan fingerprint density at radius 2 is 2.03 bits per heavy atom. The van der Waals surface area contributed by atoms with Crippen LogP contribution >= 0.6 is 11.3 Å². The van der Waals surface area contributed by atoms with E-state index in [1.807, 2.05) is 18.2 Å². The van der Waals surface area contributed by atoms with Crippen LogP contribution in [0.4, 0.5) is 18.9 Å². The molecular formula is C23H19F3N4S. The maximum atomic E-state index is 12.5. The summed E-state index contributed by atoms with van der Waals surface area (Å²) in [4.78, 5) is 10.1. The minimum absolute atomic E-state index is 0.189. The second-order valence-corrected chi connectivity index (χ2v) is 8.75. The highest BCUT2D eigenvalue weighted by Gasteiger charge is 2.22. The third-order valence-corrected chi connectivity index (χ3v) is 6.47. The van der Waals surface area contributed by atoms with Crippen molar-refractivity contribution >= 4 is 44.1 Å². The number of thiophene rings is 1.